The van der Waals surface area contributed by atoms with Crippen molar-refractivity contribution in [3.05, 3.63) is 29.5 Å². The minimum atomic E-state index is -0.754. The van der Waals surface area contributed by atoms with Crippen molar-refractivity contribution in [2.24, 2.45) is 11.8 Å². The normalized spacial score (nSPS) is 36.1. The van der Waals surface area contributed by atoms with E-state index in [2.05, 4.69) is 22.9 Å². The summed E-state index contributed by atoms with van der Waals surface area (Å²) >= 11 is 0. The first-order valence-electron chi connectivity index (χ1n) is 10.3. The van der Waals surface area contributed by atoms with Gasteiger partial charge >= 0.3 is 5.97 Å². The number of benzene rings is 1. The van der Waals surface area contributed by atoms with Crippen molar-refractivity contribution in [1.29, 1.82) is 0 Å². The predicted molar refractivity (Wildman–Crippen MR) is 105 cm³/mol. The highest BCUT2D eigenvalue weighted by Gasteiger charge is 2.65. The molecular formula is C22H28N2O4. The Morgan fingerprint density at radius 1 is 1.39 bits per heavy atom. The summed E-state index contributed by atoms with van der Waals surface area (Å²) in [5.41, 5.74) is 2.41. The third-order valence-electron chi connectivity index (χ3n) is 7.51. The number of hydrogen-bond donors (Lipinski definition) is 2. The van der Waals surface area contributed by atoms with E-state index in [0.29, 0.717) is 12.3 Å². The number of aliphatic hydroxyl groups is 1. The van der Waals surface area contributed by atoms with Gasteiger partial charge in [0.05, 0.1) is 14.2 Å². The molecule has 4 bridgehead atoms. The average Bonchev–Trinajstić information content (AvgIpc) is 3.04. The van der Waals surface area contributed by atoms with Gasteiger partial charge in [-0.3, -0.25) is 9.69 Å². The lowest BCUT2D eigenvalue weighted by Gasteiger charge is -2.59. The largest absolute Gasteiger partial charge is 0.497 e. The molecule has 6 atom stereocenters. The molecule has 1 unspecified atom stereocenters. The molecule has 6 heteroatoms. The number of hydrogen-bond acceptors (Lipinski definition) is 5. The molecule has 2 aromatic rings. The smallest absolute Gasteiger partial charge is 0.319 e. The molecule has 6 rings (SSSR count). The average molecular weight is 384 g/mol. The van der Waals surface area contributed by atoms with Crippen LogP contribution in [0.25, 0.3) is 10.9 Å². The lowest BCUT2D eigenvalue weighted by Crippen LogP contribution is -2.70. The van der Waals surface area contributed by atoms with Gasteiger partial charge in [0.25, 0.3) is 0 Å². The molecule has 4 aliphatic rings. The number of piperidine rings is 2. The van der Waals surface area contributed by atoms with E-state index in [4.69, 9.17) is 9.47 Å². The van der Waals surface area contributed by atoms with Crippen molar-refractivity contribution in [2.45, 2.75) is 50.3 Å². The molecule has 3 aliphatic heterocycles. The van der Waals surface area contributed by atoms with Crippen LogP contribution < -0.4 is 4.74 Å². The minimum absolute atomic E-state index is 0.0406. The van der Waals surface area contributed by atoms with Crippen molar-refractivity contribution in [2.75, 3.05) is 20.8 Å². The number of rotatable bonds is 3. The van der Waals surface area contributed by atoms with Crippen LogP contribution in [-0.4, -0.2) is 54.0 Å². The van der Waals surface area contributed by atoms with Crippen LogP contribution >= 0.6 is 0 Å². The number of carbonyl (C=O) groups is 1. The molecule has 1 saturated carbocycles. The summed E-state index contributed by atoms with van der Waals surface area (Å²) in [6.45, 7) is 2.94. The summed E-state index contributed by atoms with van der Waals surface area (Å²) in [7, 11) is 3.15. The Labute approximate surface area is 164 Å². The summed E-state index contributed by atoms with van der Waals surface area (Å²) in [6, 6.07) is 6.00. The lowest BCUT2D eigenvalue weighted by molar-refractivity contribution is -0.196. The zero-order valence-electron chi connectivity index (χ0n) is 16.7. The van der Waals surface area contributed by atoms with E-state index >= 15 is 0 Å². The summed E-state index contributed by atoms with van der Waals surface area (Å²) in [6.07, 6.45) is 2.93. The molecule has 1 aromatic carbocycles. The fraction of sp³-hybridized carbons (Fsp3) is 0.591. The van der Waals surface area contributed by atoms with E-state index in [1.807, 2.05) is 12.1 Å². The molecule has 1 aliphatic carbocycles. The number of aromatic nitrogens is 1. The standard InChI is InChI=1S/C22H28N2O4/c1-4-12-9-13-11-22(21(26)28-3)18-16(7-8-24(19(12)22)20(13)25)15-6-5-14(27-2)10-17(15)23-18/h5-6,10,12-13,19-20,23,25H,4,7-9,11H2,1-3H3/t12-,13+,19-,20+,22+/m0/s1. The molecule has 0 radical (unpaired) electrons. The zero-order chi connectivity index (χ0) is 19.6. The van der Waals surface area contributed by atoms with E-state index in [1.54, 1.807) is 7.11 Å². The fourth-order valence-corrected chi connectivity index (χ4v) is 6.40. The van der Waals surface area contributed by atoms with E-state index < -0.39 is 11.6 Å². The molecule has 3 fully saturated rings. The van der Waals surface area contributed by atoms with Crippen LogP contribution in [0.4, 0.5) is 0 Å². The van der Waals surface area contributed by atoms with Crippen molar-refractivity contribution >= 4 is 16.9 Å². The number of nitrogens with one attached hydrogen (secondary N) is 1. The van der Waals surface area contributed by atoms with Crippen molar-refractivity contribution < 1.29 is 19.4 Å². The van der Waals surface area contributed by atoms with Gasteiger partial charge in [-0.05, 0) is 42.9 Å². The van der Waals surface area contributed by atoms with Gasteiger partial charge in [0.2, 0.25) is 0 Å². The third kappa shape index (κ3) is 2.13. The molecule has 0 spiro atoms. The molecule has 1 aromatic heterocycles. The molecule has 2 saturated heterocycles. The van der Waals surface area contributed by atoms with Crippen LogP contribution in [-0.2, 0) is 21.4 Å². The van der Waals surface area contributed by atoms with E-state index in [0.717, 1.165) is 48.2 Å². The van der Waals surface area contributed by atoms with Gasteiger partial charge in [0, 0.05) is 41.2 Å². The molecule has 150 valence electrons. The Hall–Kier alpha value is -2.05. The second-order valence-corrected chi connectivity index (χ2v) is 8.57. The van der Waals surface area contributed by atoms with Gasteiger partial charge in [-0.2, -0.15) is 0 Å². The SMILES string of the molecule is CC[C@H]1C[C@@H]2C[C@@]3(C(=O)OC)c4[nH]c5cc(OC)ccc5c4CCN([C@@H]2O)[C@@H]13. The molecular weight excluding hydrogens is 356 g/mol. The van der Waals surface area contributed by atoms with Gasteiger partial charge in [-0.25, -0.2) is 0 Å². The van der Waals surface area contributed by atoms with E-state index in [-0.39, 0.29) is 17.9 Å². The van der Waals surface area contributed by atoms with Crippen molar-refractivity contribution in [3.8, 4) is 5.75 Å². The van der Waals surface area contributed by atoms with Crippen LogP contribution in [0, 0.1) is 11.8 Å². The maximum atomic E-state index is 13.4. The Morgan fingerprint density at radius 3 is 2.93 bits per heavy atom. The number of methoxy groups -OCH3 is 2. The topological polar surface area (TPSA) is 74.8 Å². The van der Waals surface area contributed by atoms with Crippen LogP contribution in [0.2, 0.25) is 0 Å². The number of aliphatic hydroxyl groups excluding tert-OH is 1. The first-order chi connectivity index (χ1) is 13.5. The Balaban J connectivity index is 1.79. The molecule has 4 heterocycles. The van der Waals surface area contributed by atoms with Gasteiger partial charge in [-0.1, -0.05) is 13.3 Å². The molecule has 28 heavy (non-hydrogen) atoms. The van der Waals surface area contributed by atoms with Crippen LogP contribution in [0.3, 0.4) is 0 Å². The van der Waals surface area contributed by atoms with Crippen LogP contribution in [0.5, 0.6) is 5.75 Å². The fourth-order valence-electron chi connectivity index (χ4n) is 6.40. The third-order valence-corrected chi connectivity index (χ3v) is 7.51. The van der Waals surface area contributed by atoms with E-state index in [1.165, 1.54) is 12.7 Å². The summed E-state index contributed by atoms with van der Waals surface area (Å²) in [5, 5.41) is 12.1. The van der Waals surface area contributed by atoms with Gasteiger partial charge in [0.15, 0.2) is 0 Å². The van der Waals surface area contributed by atoms with Crippen LogP contribution in [0.1, 0.15) is 37.4 Å². The summed E-state index contributed by atoms with van der Waals surface area (Å²) < 4.78 is 10.8. The second-order valence-electron chi connectivity index (χ2n) is 8.57. The first kappa shape index (κ1) is 18.0. The maximum Gasteiger partial charge on any atom is 0.319 e. The van der Waals surface area contributed by atoms with Gasteiger partial charge < -0.3 is 19.6 Å². The molecule has 0 amide bonds. The Kier molecular flexibility index (Phi) is 4.00. The first-order valence-corrected chi connectivity index (χ1v) is 10.3. The highest BCUT2D eigenvalue weighted by atomic mass is 16.5. The van der Waals surface area contributed by atoms with Gasteiger partial charge in [-0.15, -0.1) is 0 Å². The zero-order valence-corrected chi connectivity index (χ0v) is 16.7. The number of ether oxygens (including phenoxy) is 2. The monoisotopic (exact) mass is 384 g/mol. The summed E-state index contributed by atoms with van der Waals surface area (Å²) in [5.74, 6) is 1.07. The minimum Gasteiger partial charge on any atom is -0.497 e. The highest BCUT2D eigenvalue weighted by Crippen LogP contribution is 2.57. The van der Waals surface area contributed by atoms with Crippen molar-refractivity contribution in [1.82, 2.24) is 9.88 Å². The lowest BCUT2D eigenvalue weighted by atomic mass is 9.56. The number of fused-ring (bicyclic) bond motifs is 4. The number of carbonyl (C=O) groups excluding carboxylic acids is 1. The number of esters is 1. The van der Waals surface area contributed by atoms with Crippen LogP contribution in [0.15, 0.2) is 18.2 Å². The molecule has 2 N–H and O–H groups in total. The number of H-pyrrole nitrogens is 1. The number of aromatic amines is 1. The Bertz CT molecular complexity index is 938. The quantitative estimate of drug-likeness (QED) is 0.796. The van der Waals surface area contributed by atoms with Crippen molar-refractivity contribution in [3.63, 3.8) is 0 Å². The highest BCUT2D eigenvalue weighted by molar-refractivity contribution is 5.92. The predicted octanol–water partition coefficient (Wildman–Crippen LogP) is 2.58. The Morgan fingerprint density at radius 2 is 2.21 bits per heavy atom. The second kappa shape index (κ2) is 6.22. The summed E-state index contributed by atoms with van der Waals surface area (Å²) in [4.78, 5) is 19.2. The molecule has 6 nitrogen and oxygen atoms in total. The van der Waals surface area contributed by atoms with Gasteiger partial charge in [0.1, 0.15) is 17.4 Å². The van der Waals surface area contributed by atoms with E-state index in [9.17, 15) is 9.90 Å². The maximum absolute atomic E-state index is 13.4. The number of nitrogens with zero attached hydrogens (tertiary/aromatic N) is 1.